The lowest BCUT2D eigenvalue weighted by atomic mass is 9.81. The van der Waals surface area contributed by atoms with Crippen LogP contribution >= 0.6 is 23.2 Å². The zero-order valence-corrected chi connectivity index (χ0v) is 11.8. The van der Waals surface area contributed by atoms with Crippen LogP contribution in [0, 0.1) is 5.92 Å². The van der Waals surface area contributed by atoms with Crippen molar-refractivity contribution < 1.29 is 5.11 Å². The molecular weight excluding hydrogens is 269 g/mol. The minimum absolute atomic E-state index is 0.309. The number of rotatable bonds is 3. The molecule has 2 atom stereocenters. The maximum Gasteiger partial charge on any atom is 0.0760 e. The van der Waals surface area contributed by atoms with Gasteiger partial charge in [-0.15, -0.1) is 0 Å². The molecule has 0 bridgehead atoms. The molecule has 4 heteroatoms. The molecule has 100 valence electrons. The first kappa shape index (κ1) is 14.1. The summed E-state index contributed by atoms with van der Waals surface area (Å²) in [5.41, 5.74) is 6.99. The van der Waals surface area contributed by atoms with Gasteiger partial charge in [0.05, 0.1) is 22.2 Å². The van der Waals surface area contributed by atoms with Crippen LogP contribution in [0.25, 0.3) is 0 Å². The van der Waals surface area contributed by atoms with Crippen LogP contribution in [0.5, 0.6) is 0 Å². The van der Waals surface area contributed by atoms with Crippen molar-refractivity contribution >= 4 is 23.2 Å². The van der Waals surface area contributed by atoms with Crippen molar-refractivity contribution in [1.29, 1.82) is 0 Å². The van der Waals surface area contributed by atoms with E-state index in [2.05, 4.69) is 0 Å². The molecule has 1 aromatic rings. The summed E-state index contributed by atoms with van der Waals surface area (Å²) in [6.07, 6.45) is 5.28. The van der Waals surface area contributed by atoms with Crippen molar-refractivity contribution in [2.24, 2.45) is 11.7 Å². The normalized spacial score (nSPS) is 20.7. The lowest BCUT2D eigenvalue weighted by molar-refractivity contribution is 0.0618. The molecule has 1 saturated carbocycles. The van der Waals surface area contributed by atoms with Crippen molar-refractivity contribution in [3.63, 3.8) is 0 Å². The molecule has 1 fully saturated rings. The Kier molecular flexibility index (Phi) is 4.91. The first-order valence-corrected chi connectivity index (χ1v) is 7.24. The van der Waals surface area contributed by atoms with Crippen LogP contribution < -0.4 is 5.73 Å². The van der Waals surface area contributed by atoms with Crippen molar-refractivity contribution in [3.8, 4) is 0 Å². The summed E-state index contributed by atoms with van der Waals surface area (Å²) in [6.45, 7) is 0. The molecule has 1 aromatic carbocycles. The van der Waals surface area contributed by atoms with E-state index in [1.807, 2.05) is 6.07 Å². The Balaban J connectivity index is 2.09. The maximum atomic E-state index is 10.4. The van der Waals surface area contributed by atoms with Crippen LogP contribution in [0.1, 0.15) is 43.7 Å². The van der Waals surface area contributed by atoms with E-state index in [4.69, 9.17) is 28.9 Å². The minimum Gasteiger partial charge on any atom is -0.391 e. The van der Waals surface area contributed by atoms with Gasteiger partial charge in [0.25, 0.3) is 0 Å². The second-order valence-electron chi connectivity index (χ2n) is 5.09. The Labute approximate surface area is 118 Å². The van der Waals surface area contributed by atoms with Gasteiger partial charge in [0.1, 0.15) is 0 Å². The molecule has 0 spiro atoms. The molecular formula is C14H19Cl2NO. The van der Waals surface area contributed by atoms with Gasteiger partial charge in [-0.2, -0.15) is 0 Å². The van der Waals surface area contributed by atoms with Gasteiger partial charge in [-0.05, 0) is 36.5 Å². The molecule has 3 N–H and O–H groups in total. The summed E-state index contributed by atoms with van der Waals surface area (Å²) in [7, 11) is 0. The molecule has 0 aliphatic heterocycles. The number of benzene rings is 1. The minimum atomic E-state index is -0.498. The highest BCUT2D eigenvalue weighted by atomic mass is 35.5. The fraction of sp³-hybridized carbons (Fsp3) is 0.571. The van der Waals surface area contributed by atoms with E-state index in [0.29, 0.717) is 16.0 Å². The molecule has 0 saturated heterocycles. The SMILES string of the molecule is N[C@@H](c1ccc(Cl)c(Cl)c1)[C@H](O)C1CCCCC1. The van der Waals surface area contributed by atoms with Gasteiger partial charge in [0, 0.05) is 0 Å². The van der Waals surface area contributed by atoms with Crippen LogP contribution in [-0.4, -0.2) is 11.2 Å². The maximum absolute atomic E-state index is 10.4. The van der Waals surface area contributed by atoms with Gasteiger partial charge in [-0.1, -0.05) is 48.5 Å². The van der Waals surface area contributed by atoms with Crippen LogP contribution in [-0.2, 0) is 0 Å². The first-order chi connectivity index (χ1) is 8.59. The van der Waals surface area contributed by atoms with E-state index in [1.54, 1.807) is 12.1 Å². The largest absolute Gasteiger partial charge is 0.391 e. The predicted molar refractivity (Wildman–Crippen MR) is 76.0 cm³/mol. The predicted octanol–water partition coefficient (Wildman–Crippen LogP) is 3.93. The summed E-state index contributed by atoms with van der Waals surface area (Å²) >= 11 is 11.9. The molecule has 1 aliphatic rings. The molecule has 0 unspecified atom stereocenters. The van der Waals surface area contributed by atoms with E-state index in [0.717, 1.165) is 18.4 Å². The van der Waals surface area contributed by atoms with Gasteiger partial charge >= 0.3 is 0 Å². The molecule has 18 heavy (non-hydrogen) atoms. The molecule has 2 rings (SSSR count). The topological polar surface area (TPSA) is 46.2 Å². The van der Waals surface area contributed by atoms with Gasteiger partial charge < -0.3 is 10.8 Å². The summed E-state index contributed by atoms with van der Waals surface area (Å²) in [5, 5.41) is 11.4. The van der Waals surface area contributed by atoms with E-state index < -0.39 is 6.10 Å². The third kappa shape index (κ3) is 3.18. The molecule has 0 aromatic heterocycles. The molecule has 1 aliphatic carbocycles. The number of nitrogens with two attached hydrogens (primary N) is 1. The summed E-state index contributed by atoms with van der Waals surface area (Å²) in [5.74, 6) is 0.309. The number of aliphatic hydroxyl groups excluding tert-OH is 1. The average molecular weight is 288 g/mol. The van der Waals surface area contributed by atoms with E-state index in [9.17, 15) is 5.11 Å². The summed E-state index contributed by atoms with van der Waals surface area (Å²) in [6, 6.07) is 4.93. The lowest BCUT2D eigenvalue weighted by Crippen LogP contribution is -2.34. The Morgan fingerprint density at radius 1 is 1.11 bits per heavy atom. The second kappa shape index (κ2) is 6.25. The standard InChI is InChI=1S/C14H19Cl2NO/c15-11-7-6-10(8-12(11)16)13(17)14(18)9-4-2-1-3-5-9/h6-9,13-14,18H,1-5,17H2/t13-,14+/m0/s1. The smallest absolute Gasteiger partial charge is 0.0760 e. The van der Waals surface area contributed by atoms with Crippen LogP contribution in [0.3, 0.4) is 0 Å². The fourth-order valence-corrected chi connectivity index (χ4v) is 2.99. The summed E-state index contributed by atoms with van der Waals surface area (Å²) < 4.78 is 0. The Bertz CT molecular complexity index is 405. The number of hydrogen-bond acceptors (Lipinski definition) is 2. The second-order valence-corrected chi connectivity index (χ2v) is 5.90. The van der Waals surface area contributed by atoms with Gasteiger partial charge in [-0.3, -0.25) is 0 Å². The lowest BCUT2D eigenvalue weighted by Gasteiger charge is -2.30. The number of aliphatic hydroxyl groups is 1. The zero-order valence-electron chi connectivity index (χ0n) is 10.3. The first-order valence-electron chi connectivity index (χ1n) is 6.48. The van der Waals surface area contributed by atoms with Crippen molar-refractivity contribution in [3.05, 3.63) is 33.8 Å². The van der Waals surface area contributed by atoms with Crippen LogP contribution in [0.4, 0.5) is 0 Å². The highest BCUT2D eigenvalue weighted by Crippen LogP contribution is 2.33. The Morgan fingerprint density at radius 2 is 1.78 bits per heavy atom. The number of halogens is 2. The van der Waals surface area contributed by atoms with Crippen LogP contribution in [0.2, 0.25) is 10.0 Å². The molecule has 0 radical (unpaired) electrons. The third-order valence-electron chi connectivity index (χ3n) is 3.83. The van der Waals surface area contributed by atoms with Crippen molar-refractivity contribution in [2.45, 2.75) is 44.2 Å². The number of hydrogen-bond donors (Lipinski definition) is 2. The molecule has 2 nitrogen and oxygen atoms in total. The summed E-state index contributed by atoms with van der Waals surface area (Å²) in [4.78, 5) is 0. The van der Waals surface area contributed by atoms with E-state index in [-0.39, 0.29) is 6.04 Å². The highest BCUT2D eigenvalue weighted by Gasteiger charge is 2.27. The van der Waals surface area contributed by atoms with E-state index >= 15 is 0 Å². The van der Waals surface area contributed by atoms with Crippen molar-refractivity contribution in [1.82, 2.24) is 0 Å². The van der Waals surface area contributed by atoms with Crippen LogP contribution in [0.15, 0.2) is 18.2 Å². The van der Waals surface area contributed by atoms with Crippen molar-refractivity contribution in [2.75, 3.05) is 0 Å². The fourth-order valence-electron chi connectivity index (χ4n) is 2.69. The average Bonchev–Trinajstić information content (AvgIpc) is 2.41. The zero-order chi connectivity index (χ0) is 13.1. The quantitative estimate of drug-likeness (QED) is 0.885. The van der Waals surface area contributed by atoms with Gasteiger partial charge in [0.15, 0.2) is 0 Å². The Hall–Kier alpha value is -0.280. The highest BCUT2D eigenvalue weighted by molar-refractivity contribution is 6.42. The van der Waals surface area contributed by atoms with E-state index in [1.165, 1.54) is 19.3 Å². The van der Waals surface area contributed by atoms with Gasteiger partial charge in [0.2, 0.25) is 0 Å². The Morgan fingerprint density at radius 3 is 2.39 bits per heavy atom. The molecule has 0 heterocycles. The van der Waals surface area contributed by atoms with Gasteiger partial charge in [-0.25, -0.2) is 0 Å². The monoisotopic (exact) mass is 287 g/mol. The third-order valence-corrected chi connectivity index (χ3v) is 4.57. The molecule has 0 amide bonds.